The fraction of sp³-hybridized carbons (Fsp3) is 0.385. The lowest BCUT2D eigenvalue weighted by Gasteiger charge is -2.14. The maximum Gasteiger partial charge on any atom is 0.259 e. The van der Waals surface area contributed by atoms with Crippen molar-refractivity contribution in [3.8, 4) is 0 Å². The average Bonchev–Trinajstić information content (AvgIpc) is 3.56. The third-order valence-corrected chi connectivity index (χ3v) is 5.93. The number of aliphatic hydroxyl groups is 1. The maximum absolute atomic E-state index is 14.6. The van der Waals surface area contributed by atoms with Crippen molar-refractivity contribution in [2.45, 2.75) is 57.6 Å². The van der Waals surface area contributed by atoms with Crippen molar-refractivity contribution in [1.82, 2.24) is 9.99 Å². The molecule has 0 saturated heterocycles. The summed E-state index contributed by atoms with van der Waals surface area (Å²) in [6.45, 7) is 1.74. The molecule has 36 heavy (non-hydrogen) atoms. The third kappa shape index (κ3) is 7.43. The number of anilines is 1. The number of nitrogens with one attached hydrogen (secondary N) is 2. The van der Waals surface area contributed by atoms with Gasteiger partial charge in [0.05, 0.1) is 17.7 Å². The number of carbonyl (C=O) groups is 1. The van der Waals surface area contributed by atoms with E-state index >= 15 is 0 Å². The predicted molar refractivity (Wildman–Crippen MR) is 140 cm³/mol. The Hall–Kier alpha value is -3.63. The van der Waals surface area contributed by atoms with E-state index in [-0.39, 0.29) is 29.0 Å². The van der Waals surface area contributed by atoms with Gasteiger partial charge in [0.1, 0.15) is 17.3 Å². The Kier molecular flexibility index (Phi) is 9.26. The van der Waals surface area contributed by atoms with Crippen LogP contribution in [0, 0.1) is 18.2 Å². The smallest absolute Gasteiger partial charge is 0.259 e. The van der Waals surface area contributed by atoms with E-state index in [1.165, 1.54) is 38.2 Å². The van der Waals surface area contributed by atoms with E-state index in [1.54, 1.807) is 31.3 Å². The molecule has 2 fully saturated rings. The molecule has 7 N–H and O–H groups in total. The van der Waals surface area contributed by atoms with Gasteiger partial charge in [0, 0.05) is 25.0 Å². The summed E-state index contributed by atoms with van der Waals surface area (Å²) in [5.41, 5.74) is 7.76. The van der Waals surface area contributed by atoms with Crippen LogP contribution >= 0.6 is 0 Å². The summed E-state index contributed by atoms with van der Waals surface area (Å²) in [5, 5.41) is 20.3. The van der Waals surface area contributed by atoms with Crippen molar-refractivity contribution in [2.24, 2.45) is 16.6 Å². The Labute approximate surface area is 210 Å². The van der Waals surface area contributed by atoms with E-state index in [4.69, 9.17) is 22.1 Å². The minimum absolute atomic E-state index is 0.0254. The van der Waals surface area contributed by atoms with Gasteiger partial charge in [-0.15, -0.1) is 0 Å². The van der Waals surface area contributed by atoms with Gasteiger partial charge in [-0.3, -0.25) is 20.2 Å². The number of amidine groups is 1. The van der Waals surface area contributed by atoms with Gasteiger partial charge in [-0.25, -0.2) is 15.2 Å². The topological polar surface area (TPSA) is 154 Å². The summed E-state index contributed by atoms with van der Waals surface area (Å²) < 4.78 is 14.6. The quantitative estimate of drug-likeness (QED) is 0.179. The lowest BCUT2D eigenvalue weighted by Crippen LogP contribution is -2.33. The highest BCUT2D eigenvalue weighted by Gasteiger charge is 2.20. The highest BCUT2D eigenvalue weighted by atomic mass is 19.1. The lowest BCUT2D eigenvalue weighted by atomic mass is 9.98. The molecule has 1 heterocycles. The number of benzene rings is 1. The summed E-state index contributed by atoms with van der Waals surface area (Å²) in [6, 6.07) is 7.82. The second-order valence-corrected chi connectivity index (χ2v) is 9.04. The van der Waals surface area contributed by atoms with Crippen molar-refractivity contribution < 1.29 is 14.3 Å². The molecule has 2 aliphatic carbocycles. The van der Waals surface area contributed by atoms with Crippen molar-refractivity contribution in [3.63, 3.8) is 0 Å². The highest BCUT2D eigenvalue weighted by Crippen LogP contribution is 2.26. The van der Waals surface area contributed by atoms with Crippen molar-refractivity contribution >= 4 is 29.3 Å². The van der Waals surface area contributed by atoms with Gasteiger partial charge in [-0.1, -0.05) is 18.9 Å². The first-order valence-electron chi connectivity index (χ1n) is 12.0. The van der Waals surface area contributed by atoms with Crippen LogP contribution in [0.25, 0.3) is 5.57 Å². The van der Waals surface area contributed by atoms with Crippen LogP contribution in [0.5, 0.6) is 0 Å². The van der Waals surface area contributed by atoms with Crippen LogP contribution in [0.1, 0.15) is 65.7 Å². The summed E-state index contributed by atoms with van der Waals surface area (Å²) in [5.74, 6) is 4.38. The van der Waals surface area contributed by atoms with Gasteiger partial charge in [0.15, 0.2) is 5.84 Å². The number of aliphatic hydroxyl groups excluding tert-OH is 1. The van der Waals surface area contributed by atoms with Gasteiger partial charge in [-0.2, -0.15) is 0 Å². The van der Waals surface area contributed by atoms with E-state index in [1.807, 2.05) is 0 Å². The van der Waals surface area contributed by atoms with E-state index < -0.39 is 11.7 Å². The van der Waals surface area contributed by atoms with E-state index in [0.29, 0.717) is 22.7 Å². The average molecular weight is 496 g/mol. The van der Waals surface area contributed by atoms with Gasteiger partial charge in [0.25, 0.3) is 5.91 Å². The number of nitrogens with two attached hydrogens (primary N) is 2. The molecule has 2 saturated carbocycles. The van der Waals surface area contributed by atoms with Crippen molar-refractivity contribution in [1.29, 1.82) is 5.41 Å². The summed E-state index contributed by atoms with van der Waals surface area (Å²) in [7, 11) is 1.51. The lowest BCUT2D eigenvalue weighted by molar-refractivity contribution is 0.102. The standard InChI is InChI=1S/C21H24FN7O.C5H10O/c1-12-8-17(22)16(9-15(12)13(10-23)11-26-14-6-7-14)21(30)28-19-5-3-4-18(27-19)20(24)29(2)25;6-5-3-1-2-4-5/h3-5,8-11,14,24H,6-7,23,25H2,1-2H3,(H,27,28,30);5-6H,1-4H2/b13-10+,24-20?,26-11?;. The molecule has 1 aromatic heterocycles. The number of halogens is 1. The number of hydrogen-bond acceptors (Lipinski definition) is 7. The minimum atomic E-state index is -0.665. The molecule has 10 heteroatoms. The van der Waals surface area contributed by atoms with Crippen LogP contribution < -0.4 is 16.9 Å². The largest absolute Gasteiger partial charge is 0.404 e. The zero-order chi connectivity index (χ0) is 26.2. The number of pyridine rings is 1. The second kappa shape index (κ2) is 12.4. The Bertz CT molecular complexity index is 1150. The Morgan fingerprint density at radius 3 is 2.50 bits per heavy atom. The predicted octanol–water partition coefficient (Wildman–Crippen LogP) is 3.37. The van der Waals surface area contributed by atoms with Crippen LogP contribution in [0.4, 0.5) is 10.2 Å². The zero-order valence-electron chi connectivity index (χ0n) is 20.7. The number of aliphatic imine (C=N–C) groups is 1. The molecule has 0 bridgehead atoms. The van der Waals surface area contributed by atoms with Crippen LogP contribution in [-0.2, 0) is 0 Å². The van der Waals surface area contributed by atoms with Gasteiger partial charge in [0.2, 0.25) is 0 Å². The number of hydrazine groups is 1. The normalized spacial score (nSPS) is 16.0. The Morgan fingerprint density at radius 2 is 1.94 bits per heavy atom. The fourth-order valence-electron chi connectivity index (χ4n) is 3.67. The maximum atomic E-state index is 14.6. The molecule has 2 aliphatic rings. The molecule has 4 rings (SSSR count). The summed E-state index contributed by atoms with van der Waals surface area (Å²) in [6.07, 6.45) is 9.77. The first kappa shape index (κ1) is 27.0. The number of aryl methyl sites for hydroxylation is 1. The van der Waals surface area contributed by atoms with E-state index in [2.05, 4.69) is 15.3 Å². The molecule has 0 atom stereocenters. The number of carbonyl (C=O) groups excluding carboxylic acids is 1. The van der Waals surface area contributed by atoms with Crippen LogP contribution in [0.3, 0.4) is 0 Å². The molecule has 192 valence electrons. The van der Waals surface area contributed by atoms with Gasteiger partial charge >= 0.3 is 0 Å². The van der Waals surface area contributed by atoms with Crippen molar-refractivity contribution in [2.75, 3.05) is 12.4 Å². The molecule has 0 unspecified atom stereocenters. The highest BCUT2D eigenvalue weighted by molar-refractivity contribution is 6.12. The number of nitrogens with zero attached hydrogens (tertiary/aromatic N) is 3. The fourth-order valence-corrected chi connectivity index (χ4v) is 3.67. The minimum Gasteiger partial charge on any atom is -0.404 e. The number of hydrogen-bond donors (Lipinski definition) is 5. The van der Waals surface area contributed by atoms with Crippen LogP contribution in [0.2, 0.25) is 0 Å². The number of aromatic nitrogens is 1. The Balaban J connectivity index is 0.000000526. The van der Waals surface area contributed by atoms with E-state index in [0.717, 1.165) is 30.7 Å². The summed E-state index contributed by atoms with van der Waals surface area (Å²) in [4.78, 5) is 21.3. The van der Waals surface area contributed by atoms with Crippen LogP contribution in [-0.4, -0.2) is 52.3 Å². The first-order chi connectivity index (χ1) is 17.2. The second-order valence-electron chi connectivity index (χ2n) is 9.04. The zero-order valence-corrected chi connectivity index (χ0v) is 20.7. The number of amides is 1. The monoisotopic (exact) mass is 495 g/mol. The van der Waals surface area contributed by atoms with Gasteiger partial charge in [-0.05, 0) is 68.0 Å². The van der Waals surface area contributed by atoms with Gasteiger partial charge < -0.3 is 16.2 Å². The molecular weight excluding hydrogens is 461 g/mol. The van der Waals surface area contributed by atoms with E-state index in [9.17, 15) is 9.18 Å². The molecule has 9 nitrogen and oxygen atoms in total. The van der Waals surface area contributed by atoms with Crippen molar-refractivity contribution in [3.05, 3.63) is 64.7 Å². The van der Waals surface area contributed by atoms with Crippen LogP contribution in [0.15, 0.2) is 41.5 Å². The SMILES string of the molecule is Cc1cc(F)c(C(=O)Nc2cccc(C(=N)N(C)N)n2)cc1/C(C=NC1CC1)=C/N.OC1CCCC1. The molecule has 1 amide bonds. The first-order valence-corrected chi connectivity index (χ1v) is 12.0. The molecule has 2 aromatic rings. The number of allylic oxidation sites excluding steroid dienone is 1. The molecule has 0 spiro atoms. The third-order valence-electron chi connectivity index (χ3n) is 5.93. The molecule has 0 radical (unpaired) electrons. The Morgan fingerprint density at radius 1 is 1.25 bits per heavy atom. The summed E-state index contributed by atoms with van der Waals surface area (Å²) >= 11 is 0. The molecule has 0 aliphatic heterocycles. The molecule has 1 aromatic carbocycles. The number of rotatable bonds is 6. The molecular formula is C26H34FN7O2.